The minimum atomic E-state index is -2.45. The topological polar surface area (TPSA) is 255 Å². The molecule has 22 nitrogen and oxygen atoms in total. The lowest BCUT2D eigenvalue weighted by molar-refractivity contribution is -0.265. The fraction of sp³-hybridized carbons (Fsp3) is 0.743. The molecule has 2 N–H and O–H groups in total. The van der Waals surface area contributed by atoms with Crippen LogP contribution in [0, 0.1) is 35.5 Å². The molecule has 2 bridgehead atoms. The first kappa shape index (κ1) is 73.9. The second-order valence-corrected chi connectivity index (χ2v) is 26.9. The highest BCUT2D eigenvalue weighted by molar-refractivity contribution is 6.39. The number of aliphatic hydroxyl groups excluding tert-OH is 1. The number of ether oxygens (including phenoxy) is 8. The number of fused-ring (bicyclic) bond motifs is 4. The van der Waals surface area contributed by atoms with Crippen molar-refractivity contribution in [3.63, 3.8) is 0 Å². The van der Waals surface area contributed by atoms with E-state index >= 15 is 0 Å². The standard InChI is InChI=1S/C70H108N6O16/c1-13-34-89-35-27-61(77)73-30-32-74(33-31-73)68-71-42-52-43-75(29-26-54(52)72-68)69(83)91-56-25-23-51(39-60(56)87-11)38-47(5)59-41-58(86-10)46(4)37-49(7)63(79)64(88-12)62(78)48(6)36-44(2)19-15-14-16-20-45(3)57(85-9)40-53-24-22-50(8)70(84,92-53)65(80)66(81)76-28-18-17-21-55(76)67(82)90-59/h14-16,19-20,37,42,44,46-48,50-51,53,55-60,63-64,79,84H,13,17-18,21-36,38-41,43H2,1-12H3/b16-14+,19-15+,45-20+,49-37+/t44-,46-,47-,48-,50-,51+,53+,55+,56-,57+,58-,59+,60-,63-,64+,70-/m1/s1. The molecule has 514 valence electrons. The number of esters is 1. The molecule has 6 aliphatic rings. The van der Waals surface area contributed by atoms with Crippen molar-refractivity contribution >= 4 is 41.4 Å². The summed E-state index contributed by atoms with van der Waals surface area (Å²) in [6.07, 6.45) is 14.6. The van der Waals surface area contributed by atoms with Gasteiger partial charge in [-0.25, -0.2) is 19.6 Å². The predicted octanol–water partition coefficient (Wildman–Crippen LogP) is 8.08. The van der Waals surface area contributed by atoms with Gasteiger partial charge in [-0.3, -0.25) is 19.2 Å². The predicted molar refractivity (Wildman–Crippen MR) is 346 cm³/mol. The Morgan fingerprint density at radius 2 is 1.54 bits per heavy atom. The van der Waals surface area contributed by atoms with Crippen molar-refractivity contribution in [3.8, 4) is 0 Å². The Balaban J connectivity index is 1.06. The van der Waals surface area contributed by atoms with E-state index in [1.54, 1.807) is 46.3 Å². The monoisotopic (exact) mass is 1290 g/mol. The van der Waals surface area contributed by atoms with E-state index in [-0.39, 0.29) is 54.7 Å². The molecule has 4 fully saturated rings. The number of amides is 3. The second-order valence-electron chi connectivity index (χ2n) is 26.9. The number of anilines is 1. The minimum Gasteiger partial charge on any atom is -0.460 e. The molecular weight excluding hydrogens is 1180 g/mol. The highest BCUT2D eigenvalue weighted by Gasteiger charge is 2.53. The third-order valence-electron chi connectivity index (χ3n) is 20.1. The van der Waals surface area contributed by atoms with Gasteiger partial charge in [0, 0.05) is 123 Å². The number of hydrogen-bond acceptors (Lipinski definition) is 19. The highest BCUT2D eigenvalue weighted by atomic mass is 16.6. The molecule has 1 saturated carbocycles. The number of nitrogens with zero attached hydrogens (tertiary/aromatic N) is 6. The van der Waals surface area contributed by atoms with Crippen molar-refractivity contribution < 1.29 is 76.9 Å². The van der Waals surface area contributed by atoms with E-state index in [0.717, 1.165) is 23.3 Å². The number of carbonyl (C=O) groups is 6. The zero-order valence-corrected chi connectivity index (χ0v) is 57.0. The number of methoxy groups -OCH3 is 4. The van der Waals surface area contributed by atoms with E-state index in [1.807, 2.05) is 82.9 Å². The molecule has 92 heavy (non-hydrogen) atoms. The molecule has 0 radical (unpaired) electrons. The zero-order valence-electron chi connectivity index (χ0n) is 57.0. The molecule has 1 aromatic heterocycles. The van der Waals surface area contributed by atoms with Gasteiger partial charge in [0.1, 0.15) is 30.5 Å². The Morgan fingerprint density at radius 3 is 2.25 bits per heavy atom. The van der Waals surface area contributed by atoms with Crippen molar-refractivity contribution in [2.45, 2.75) is 219 Å². The van der Waals surface area contributed by atoms with E-state index in [2.05, 4.69) is 9.88 Å². The van der Waals surface area contributed by atoms with Gasteiger partial charge in [-0.05, 0) is 113 Å². The molecule has 1 aliphatic carbocycles. The number of carbonyl (C=O) groups excluding carboxylic acids is 6. The molecule has 3 amide bonds. The van der Waals surface area contributed by atoms with Crippen LogP contribution in [0.1, 0.15) is 157 Å². The van der Waals surface area contributed by atoms with Gasteiger partial charge in [0.15, 0.2) is 5.78 Å². The second kappa shape index (κ2) is 35.3. The number of ketones is 2. The Morgan fingerprint density at radius 1 is 0.793 bits per heavy atom. The molecule has 22 heteroatoms. The van der Waals surface area contributed by atoms with Gasteiger partial charge < -0.3 is 67.7 Å². The van der Waals surface area contributed by atoms with E-state index in [4.69, 9.17) is 42.9 Å². The number of aliphatic hydroxyl groups is 2. The highest BCUT2D eigenvalue weighted by Crippen LogP contribution is 2.39. The number of piperidine rings is 1. The Bertz CT molecular complexity index is 2750. The van der Waals surface area contributed by atoms with Gasteiger partial charge in [-0.2, -0.15) is 0 Å². The minimum absolute atomic E-state index is 0.0182. The molecule has 6 heterocycles. The van der Waals surface area contributed by atoms with Gasteiger partial charge in [0.25, 0.3) is 11.7 Å². The fourth-order valence-corrected chi connectivity index (χ4v) is 14.2. The van der Waals surface area contributed by atoms with Crippen molar-refractivity contribution in [3.05, 3.63) is 65.1 Å². The van der Waals surface area contributed by atoms with Crippen LogP contribution in [0.3, 0.4) is 0 Å². The van der Waals surface area contributed by atoms with Gasteiger partial charge in [0.2, 0.25) is 17.6 Å². The molecule has 1 aromatic rings. The molecule has 7 rings (SSSR count). The van der Waals surface area contributed by atoms with Crippen LogP contribution in [0.25, 0.3) is 0 Å². The van der Waals surface area contributed by atoms with Gasteiger partial charge >= 0.3 is 12.1 Å². The summed E-state index contributed by atoms with van der Waals surface area (Å²) in [7, 11) is 6.20. The third kappa shape index (κ3) is 19.4. The lowest BCUT2D eigenvalue weighted by atomic mass is 9.78. The number of piperazine rings is 1. The van der Waals surface area contributed by atoms with Crippen molar-refractivity contribution in [1.82, 2.24) is 24.7 Å². The van der Waals surface area contributed by atoms with E-state index < -0.39 is 96.2 Å². The molecule has 0 aromatic carbocycles. The van der Waals surface area contributed by atoms with Crippen LogP contribution >= 0.6 is 0 Å². The summed E-state index contributed by atoms with van der Waals surface area (Å²) in [6, 6.07) is -1.13. The lowest BCUT2D eigenvalue weighted by Crippen LogP contribution is -2.61. The summed E-state index contributed by atoms with van der Waals surface area (Å²) in [5.41, 5.74) is 3.13. The molecule has 0 unspecified atom stereocenters. The number of aromatic nitrogens is 2. The largest absolute Gasteiger partial charge is 0.460 e. The van der Waals surface area contributed by atoms with Crippen LogP contribution in [0.15, 0.2) is 53.8 Å². The number of rotatable bonds is 14. The van der Waals surface area contributed by atoms with Gasteiger partial charge in [0.05, 0.1) is 49.7 Å². The maximum atomic E-state index is 14.9. The van der Waals surface area contributed by atoms with Crippen molar-refractivity contribution in [2.24, 2.45) is 35.5 Å². The SMILES string of the molecule is CCCOCCC(=O)N1CCN(c2ncc3c(n2)CCN(C(=O)O[C@@H]2CC[C@@H](C[C@@H](C)[C@@H]4C[C@@H](OC)[C@H](C)/C=C(\C)[C@@H](O)[C@@H](OC)C(=O)[C@H](C)C[C@H](C)/C=C/C=C/C=C(\C)[C@@H](OC)C[C@@H]5CC[C@@H](C)[C@@](O)(O5)C(=O)C(=O)N5CCCC[C@H]5C(=O)O4)C[C@H]2OC)C3)CC1. The molecule has 0 spiro atoms. The maximum absolute atomic E-state index is 14.9. The number of allylic oxidation sites excluding steroid dienone is 5. The summed E-state index contributed by atoms with van der Waals surface area (Å²) in [4.78, 5) is 101. The summed E-state index contributed by atoms with van der Waals surface area (Å²) in [5, 5.41) is 24.0. The smallest absolute Gasteiger partial charge is 0.410 e. The number of cyclic esters (lactones) is 1. The van der Waals surface area contributed by atoms with Crippen LogP contribution in [-0.4, -0.2) is 212 Å². The van der Waals surface area contributed by atoms with Crippen LogP contribution in [0.5, 0.6) is 0 Å². The average Bonchev–Trinajstić information content (AvgIpc) is 0.831. The van der Waals surface area contributed by atoms with Crippen molar-refractivity contribution in [1.29, 1.82) is 0 Å². The van der Waals surface area contributed by atoms with Crippen LogP contribution in [-0.2, 0) is 74.8 Å². The number of hydrogen-bond donors (Lipinski definition) is 2. The quantitative estimate of drug-likeness (QED) is 0.0772. The summed E-state index contributed by atoms with van der Waals surface area (Å²) < 4.78 is 48.5. The van der Waals surface area contributed by atoms with E-state index in [1.165, 1.54) is 12.0 Å². The molecule has 16 atom stereocenters. The summed E-state index contributed by atoms with van der Waals surface area (Å²) >= 11 is 0. The Kier molecular flexibility index (Phi) is 28.4. The van der Waals surface area contributed by atoms with Crippen molar-refractivity contribution in [2.75, 3.05) is 85.8 Å². The molecule has 3 saturated heterocycles. The summed E-state index contributed by atoms with van der Waals surface area (Å²) in [6.45, 7) is 19.5. The van der Waals surface area contributed by atoms with Crippen LogP contribution in [0.2, 0.25) is 0 Å². The first-order valence-electron chi connectivity index (χ1n) is 33.9. The first-order chi connectivity index (χ1) is 44.0. The lowest BCUT2D eigenvalue weighted by Gasteiger charge is -2.43. The average molecular weight is 1290 g/mol. The Hall–Kier alpha value is -5.46. The third-order valence-corrected chi connectivity index (χ3v) is 20.1. The fourth-order valence-electron chi connectivity index (χ4n) is 14.2. The van der Waals surface area contributed by atoms with Crippen LogP contribution in [0.4, 0.5) is 10.7 Å². The van der Waals surface area contributed by atoms with Gasteiger partial charge in [-0.15, -0.1) is 0 Å². The summed E-state index contributed by atoms with van der Waals surface area (Å²) in [5.74, 6) is -6.52. The maximum Gasteiger partial charge on any atom is 0.410 e. The molecular formula is C70H108N6O16. The van der Waals surface area contributed by atoms with Crippen LogP contribution < -0.4 is 4.90 Å². The Labute approximate surface area is 546 Å². The first-order valence-corrected chi connectivity index (χ1v) is 33.9. The number of Topliss-reactive ketones (excluding diaryl/α,β-unsaturated/α-hetero) is 2. The zero-order chi connectivity index (χ0) is 66.8. The van der Waals surface area contributed by atoms with Gasteiger partial charge in [-0.1, -0.05) is 78.0 Å². The van der Waals surface area contributed by atoms with E-state index in [9.17, 15) is 39.0 Å². The molecule has 5 aliphatic heterocycles. The normalized spacial score (nSPS) is 34.5. The van der Waals surface area contributed by atoms with E-state index in [0.29, 0.717) is 141 Å².